The summed E-state index contributed by atoms with van der Waals surface area (Å²) in [4.78, 5) is 13.8. The molecule has 1 saturated heterocycles. The van der Waals surface area contributed by atoms with E-state index in [4.69, 9.17) is 4.74 Å². The van der Waals surface area contributed by atoms with Crippen LogP contribution in [0.5, 0.6) is 0 Å². The van der Waals surface area contributed by atoms with Crippen LogP contribution in [0.3, 0.4) is 0 Å². The lowest BCUT2D eigenvalue weighted by molar-refractivity contribution is -0.142. The first-order valence-electron chi connectivity index (χ1n) is 6.12. The van der Waals surface area contributed by atoms with Crippen molar-refractivity contribution in [3.63, 3.8) is 0 Å². The summed E-state index contributed by atoms with van der Waals surface area (Å²) in [5, 5.41) is 3.54. The second-order valence-corrected chi connectivity index (χ2v) is 4.76. The van der Waals surface area contributed by atoms with Crippen molar-refractivity contribution in [3.05, 3.63) is 0 Å². The van der Waals surface area contributed by atoms with Gasteiger partial charge in [0.15, 0.2) is 0 Å². The molecule has 1 rings (SSSR count). The minimum Gasteiger partial charge on any atom is -0.469 e. The Morgan fingerprint density at radius 1 is 1.44 bits per heavy atom. The third-order valence-electron chi connectivity index (χ3n) is 3.40. The highest BCUT2D eigenvalue weighted by molar-refractivity contribution is 5.70. The van der Waals surface area contributed by atoms with Crippen LogP contribution in [0.15, 0.2) is 0 Å². The monoisotopic (exact) mass is 228 g/mol. The van der Waals surface area contributed by atoms with E-state index >= 15 is 0 Å². The standard InChI is InChI=1S/C12H24N2O2/c1-4-7-13-12(10-11(15)16-3)5-8-14(2)9-6-12/h13H,4-10H2,1-3H3. The molecular weight excluding hydrogens is 204 g/mol. The van der Waals surface area contributed by atoms with Gasteiger partial charge in [0.1, 0.15) is 0 Å². The highest BCUT2D eigenvalue weighted by Gasteiger charge is 2.35. The molecule has 0 aromatic rings. The van der Waals surface area contributed by atoms with Crippen LogP contribution in [0.2, 0.25) is 0 Å². The van der Waals surface area contributed by atoms with E-state index in [-0.39, 0.29) is 11.5 Å². The van der Waals surface area contributed by atoms with Crippen LogP contribution in [0.4, 0.5) is 0 Å². The van der Waals surface area contributed by atoms with Gasteiger partial charge in [0.2, 0.25) is 0 Å². The van der Waals surface area contributed by atoms with Gasteiger partial charge in [0.25, 0.3) is 0 Å². The van der Waals surface area contributed by atoms with E-state index in [1.54, 1.807) is 0 Å². The Morgan fingerprint density at radius 3 is 2.56 bits per heavy atom. The van der Waals surface area contributed by atoms with Crippen LogP contribution in [-0.4, -0.2) is 50.2 Å². The summed E-state index contributed by atoms with van der Waals surface area (Å²) in [6, 6.07) is 0. The van der Waals surface area contributed by atoms with Crippen LogP contribution in [0, 0.1) is 0 Å². The topological polar surface area (TPSA) is 41.6 Å². The average molecular weight is 228 g/mol. The molecule has 0 bridgehead atoms. The molecule has 1 fully saturated rings. The van der Waals surface area contributed by atoms with Crippen molar-refractivity contribution < 1.29 is 9.53 Å². The van der Waals surface area contributed by atoms with Gasteiger partial charge in [0, 0.05) is 5.54 Å². The van der Waals surface area contributed by atoms with Crippen molar-refractivity contribution in [1.29, 1.82) is 0 Å². The van der Waals surface area contributed by atoms with Crippen LogP contribution in [0.25, 0.3) is 0 Å². The number of likely N-dealkylation sites (tertiary alicyclic amines) is 1. The molecule has 4 heteroatoms. The normalized spacial score (nSPS) is 20.7. The number of esters is 1. The van der Waals surface area contributed by atoms with Crippen LogP contribution in [0.1, 0.15) is 32.6 Å². The number of nitrogens with zero attached hydrogens (tertiary/aromatic N) is 1. The summed E-state index contributed by atoms with van der Waals surface area (Å²) in [5.74, 6) is -0.104. The van der Waals surface area contributed by atoms with E-state index in [9.17, 15) is 4.79 Å². The van der Waals surface area contributed by atoms with E-state index in [1.807, 2.05) is 0 Å². The molecule has 1 N–H and O–H groups in total. The average Bonchev–Trinajstić information content (AvgIpc) is 2.30. The van der Waals surface area contributed by atoms with Gasteiger partial charge in [0.05, 0.1) is 13.5 Å². The molecule has 0 aromatic carbocycles. The zero-order valence-corrected chi connectivity index (χ0v) is 10.7. The van der Waals surface area contributed by atoms with Gasteiger partial charge < -0.3 is 15.0 Å². The maximum Gasteiger partial charge on any atom is 0.307 e. The lowest BCUT2D eigenvalue weighted by atomic mass is 9.84. The van der Waals surface area contributed by atoms with Crippen molar-refractivity contribution in [3.8, 4) is 0 Å². The van der Waals surface area contributed by atoms with Gasteiger partial charge >= 0.3 is 5.97 Å². The zero-order chi connectivity index (χ0) is 12.0. The van der Waals surface area contributed by atoms with E-state index in [2.05, 4.69) is 24.2 Å². The predicted molar refractivity (Wildman–Crippen MR) is 64.4 cm³/mol. The first-order chi connectivity index (χ1) is 7.62. The summed E-state index contributed by atoms with van der Waals surface area (Å²) in [6.07, 6.45) is 3.65. The van der Waals surface area contributed by atoms with Gasteiger partial charge in [-0.2, -0.15) is 0 Å². The second kappa shape index (κ2) is 6.21. The van der Waals surface area contributed by atoms with E-state index in [1.165, 1.54) is 7.11 Å². The number of hydrogen-bond acceptors (Lipinski definition) is 4. The molecule has 0 unspecified atom stereocenters. The third kappa shape index (κ3) is 3.76. The van der Waals surface area contributed by atoms with E-state index in [0.29, 0.717) is 6.42 Å². The number of piperidine rings is 1. The van der Waals surface area contributed by atoms with Crippen molar-refractivity contribution in [2.75, 3.05) is 33.8 Å². The quantitative estimate of drug-likeness (QED) is 0.713. The van der Waals surface area contributed by atoms with Gasteiger partial charge in [-0.3, -0.25) is 4.79 Å². The van der Waals surface area contributed by atoms with Gasteiger partial charge in [-0.05, 0) is 45.9 Å². The van der Waals surface area contributed by atoms with E-state index < -0.39 is 0 Å². The number of hydrogen-bond donors (Lipinski definition) is 1. The first kappa shape index (κ1) is 13.5. The van der Waals surface area contributed by atoms with Crippen molar-refractivity contribution >= 4 is 5.97 Å². The van der Waals surface area contributed by atoms with Crippen molar-refractivity contribution in [2.45, 2.75) is 38.1 Å². The number of rotatable bonds is 5. The Balaban J connectivity index is 2.57. The predicted octanol–water partition coefficient (Wildman–Crippen LogP) is 1.01. The smallest absolute Gasteiger partial charge is 0.307 e. The number of carbonyl (C=O) groups is 1. The third-order valence-corrected chi connectivity index (χ3v) is 3.40. The molecule has 1 aliphatic heterocycles. The van der Waals surface area contributed by atoms with Gasteiger partial charge in [-0.1, -0.05) is 6.92 Å². The highest BCUT2D eigenvalue weighted by atomic mass is 16.5. The summed E-state index contributed by atoms with van der Waals surface area (Å²) in [7, 11) is 3.59. The lowest BCUT2D eigenvalue weighted by Gasteiger charge is -2.41. The number of methoxy groups -OCH3 is 1. The van der Waals surface area contributed by atoms with E-state index in [0.717, 1.165) is 38.9 Å². The fourth-order valence-electron chi connectivity index (χ4n) is 2.20. The van der Waals surface area contributed by atoms with Gasteiger partial charge in [-0.25, -0.2) is 0 Å². The molecular formula is C12H24N2O2. The van der Waals surface area contributed by atoms with Gasteiger partial charge in [-0.15, -0.1) is 0 Å². The molecule has 1 heterocycles. The van der Waals surface area contributed by atoms with Crippen LogP contribution < -0.4 is 5.32 Å². The highest BCUT2D eigenvalue weighted by Crippen LogP contribution is 2.25. The molecule has 1 aliphatic rings. The number of nitrogens with one attached hydrogen (secondary N) is 1. The molecule has 0 aliphatic carbocycles. The fourth-order valence-corrected chi connectivity index (χ4v) is 2.20. The molecule has 0 radical (unpaired) electrons. The fraction of sp³-hybridized carbons (Fsp3) is 0.917. The molecule has 0 aromatic heterocycles. The lowest BCUT2D eigenvalue weighted by Crippen LogP contribution is -2.54. The molecule has 0 spiro atoms. The van der Waals surface area contributed by atoms with Crippen molar-refractivity contribution in [1.82, 2.24) is 10.2 Å². The maximum absolute atomic E-state index is 11.5. The first-order valence-corrected chi connectivity index (χ1v) is 6.12. The Labute approximate surface area is 98.3 Å². The number of carbonyl (C=O) groups excluding carboxylic acids is 1. The molecule has 0 amide bonds. The molecule has 0 atom stereocenters. The molecule has 0 saturated carbocycles. The molecule has 4 nitrogen and oxygen atoms in total. The summed E-state index contributed by atoms with van der Waals surface area (Å²) in [5.41, 5.74) is -0.0321. The zero-order valence-electron chi connectivity index (χ0n) is 10.7. The van der Waals surface area contributed by atoms with Crippen molar-refractivity contribution in [2.24, 2.45) is 0 Å². The van der Waals surface area contributed by atoms with Crippen LogP contribution >= 0.6 is 0 Å². The summed E-state index contributed by atoms with van der Waals surface area (Å²) >= 11 is 0. The summed E-state index contributed by atoms with van der Waals surface area (Å²) < 4.78 is 4.79. The molecule has 16 heavy (non-hydrogen) atoms. The SMILES string of the molecule is CCCNC1(CC(=O)OC)CCN(C)CC1. The summed E-state index contributed by atoms with van der Waals surface area (Å²) in [6.45, 7) is 5.22. The Kier molecular flexibility index (Phi) is 5.22. The van der Waals surface area contributed by atoms with Crippen LogP contribution in [-0.2, 0) is 9.53 Å². The molecule has 94 valence electrons. The largest absolute Gasteiger partial charge is 0.469 e. The number of ether oxygens (including phenoxy) is 1. The maximum atomic E-state index is 11.5. The Morgan fingerprint density at radius 2 is 2.06 bits per heavy atom. The minimum atomic E-state index is -0.104. The second-order valence-electron chi connectivity index (χ2n) is 4.76. The Bertz CT molecular complexity index is 218. The Hall–Kier alpha value is -0.610. The minimum absolute atomic E-state index is 0.0321.